The number of H-pyrrole nitrogens is 3. The number of nitrogen functional groups attached to an aromatic ring is 3. The van der Waals surface area contributed by atoms with E-state index in [9.17, 15) is 67.5 Å². The maximum Gasteiger partial charge on any atom is 0.473 e. The first kappa shape index (κ1) is 61.2. The van der Waals surface area contributed by atoms with Crippen LogP contribution in [-0.2, 0) is 73.5 Å². The van der Waals surface area contributed by atoms with E-state index in [0.717, 1.165) is 38.9 Å². The summed E-state index contributed by atoms with van der Waals surface area (Å²) in [6.45, 7) is -4.47. The lowest BCUT2D eigenvalue weighted by atomic mass is 10.1. The number of phosphoric ester groups is 4. The topological polar surface area (TPSA) is 602 Å². The normalized spacial score (nSPS) is 36.4. The van der Waals surface area contributed by atoms with Gasteiger partial charge in [0.05, 0.1) is 58.2 Å². The van der Waals surface area contributed by atoms with Gasteiger partial charge >= 0.3 is 31.3 Å². The minimum Gasteiger partial charge on any atom is -0.396 e. The van der Waals surface area contributed by atoms with Gasteiger partial charge in [0.25, 0.3) is 16.7 Å². The highest BCUT2D eigenvalue weighted by molar-refractivity contribution is 7.48. The first-order chi connectivity index (χ1) is 39.8. The van der Waals surface area contributed by atoms with Crippen molar-refractivity contribution in [3.05, 3.63) is 50.0 Å². The predicted molar refractivity (Wildman–Crippen MR) is 274 cm³/mol. The molecule has 4 aliphatic rings. The molecule has 0 bridgehead atoms. The number of nitrogens with two attached hydrogens (primary N) is 3. The molecular weight excluding hydrogens is 1220 g/mol. The molecule has 4 unspecified atom stereocenters. The highest BCUT2D eigenvalue weighted by Crippen LogP contribution is 2.54. The molecule has 16 N–H and O–H groups in total. The van der Waals surface area contributed by atoms with Gasteiger partial charge in [0, 0.05) is 0 Å². The first-order valence-corrected chi connectivity index (χ1v) is 30.7. The summed E-state index contributed by atoms with van der Waals surface area (Å²) >= 11 is 0. The van der Waals surface area contributed by atoms with Crippen LogP contribution < -0.4 is 33.9 Å². The standard InChI is InChI=1S/C38H52N16O26P4/c39-36-46-27-18(30(58)49-36)42-12-52(27)33-21(55)24-16(76-33)10-73-84(67,68)80-26-17(77-35(23(26)57)54-14-44-20-29(54)48-38(41)51-32(20)60)11-74-83(65,66)79-25-15(75-34(22(25)56)53-13-43-19-28(53)47-37(40)50-31(19)59)9-72-81(61,62)70-7-4-2-1-3-6-69-45-5-8-71-82(63,64)78-24/h5,12-17,21-26,33-35,55-57H,1-4,6-11H2,(H,61,62)(H,63,64)(H,65,66)(H,67,68)(H3,39,46,49,58)(H3,40,47,50,59)(H3,41,48,51,60)/b45-5-/t15-,16-,17-,21-,22-,23-,24-,25-,26-,33-,34-,35-/m1/s1. The van der Waals surface area contributed by atoms with Gasteiger partial charge in [0.2, 0.25) is 17.8 Å². The molecule has 0 aromatic carbocycles. The van der Waals surface area contributed by atoms with Crippen LogP contribution in [-0.4, -0.2) is 194 Å². The van der Waals surface area contributed by atoms with Gasteiger partial charge in [0.1, 0.15) is 61.5 Å². The molecule has 6 aromatic heterocycles. The van der Waals surface area contributed by atoms with Gasteiger partial charge < -0.3 is 71.1 Å². The van der Waals surface area contributed by atoms with Crippen molar-refractivity contribution in [1.82, 2.24) is 58.6 Å². The van der Waals surface area contributed by atoms with Gasteiger partial charge in [0.15, 0.2) is 52.2 Å². The van der Waals surface area contributed by atoms with Crippen molar-refractivity contribution in [2.24, 2.45) is 5.16 Å². The Bertz CT molecular complexity index is 3800. The molecule has 10 heterocycles. The van der Waals surface area contributed by atoms with E-state index in [1.54, 1.807) is 0 Å². The summed E-state index contributed by atoms with van der Waals surface area (Å²) in [6, 6.07) is 0. The van der Waals surface area contributed by atoms with Crippen molar-refractivity contribution in [3.63, 3.8) is 0 Å². The molecule has 16 atom stereocenters. The summed E-state index contributed by atoms with van der Waals surface area (Å²) in [5.74, 6) is -1.22. The second-order valence-corrected chi connectivity index (χ2v) is 24.3. The first-order valence-electron chi connectivity index (χ1n) is 24.7. The fourth-order valence-electron chi connectivity index (χ4n) is 9.19. The summed E-state index contributed by atoms with van der Waals surface area (Å²) in [6.07, 6.45) is -18.1. The molecule has 4 aliphatic heterocycles. The maximum absolute atomic E-state index is 14.1. The second kappa shape index (κ2) is 24.5. The third-order valence-electron chi connectivity index (χ3n) is 12.9. The number of fused-ring (bicyclic) bond motifs is 6. The number of anilines is 3. The Morgan fingerprint density at radius 1 is 0.488 bits per heavy atom. The van der Waals surface area contributed by atoms with E-state index in [1.807, 2.05) is 0 Å². The monoisotopic (exact) mass is 1270 g/mol. The van der Waals surface area contributed by atoms with Crippen molar-refractivity contribution in [3.8, 4) is 0 Å². The Morgan fingerprint density at radius 3 is 1.21 bits per heavy atom. The third kappa shape index (κ3) is 13.4. The van der Waals surface area contributed by atoms with Gasteiger partial charge in [-0.15, -0.1) is 0 Å². The fraction of sp³-hybridized carbons (Fsp3) is 0.579. The minimum absolute atomic E-state index is 0.0256. The van der Waals surface area contributed by atoms with E-state index in [1.165, 1.54) is 0 Å². The fourth-order valence-corrected chi connectivity index (χ4v) is 12.8. The Hall–Kier alpha value is -5.88. The molecule has 460 valence electrons. The van der Waals surface area contributed by atoms with Crippen molar-refractivity contribution in [1.29, 1.82) is 0 Å². The lowest BCUT2D eigenvalue weighted by Crippen LogP contribution is -2.38. The number of imidazole rings is 3. The second-order valence-electron chi connectivity index (χ2n) is 18.6. The molecule has 3 saturated heterocycles. The van der Waals surface area contributed by atoms with Gasteiger partial charge in [-0.2, -0.15) is 15.0 Å². The van der Waals surface area contributed by atoms with Crippen LogP contribution in [0.1, 0.15) is 44.4 Å². The quantitative estimate of drug-likeness (QED) is 0.0792. The van der Waals surface area contributed by atoms with E-state index >= 15 is 0 Å². The van der Waals surface area contributed by atoms with E-state index in [-0.39, 0.29) is 53.1 Å². The molecule has 0 aliphatic carbocycles. The number of hydrogen-bond donors (Lipinski definition) is 13. The van der Waals surface area contributed by atoms with Gasteiger partial charge in [-0.25, -0.2) is 33.2 Å². The van der Waals surface area contributed by atoms with E-state index in [4.69, 9.17) is 72.4 Å². The average Bonchev–Trinajstić information content (AvgIpc) is 3.44. The van der Waals surface area contributed by atoms with Crippen LogP contribution in [0, 0.1) is 0 Å². The Balaban J connectivity index is 0.946. The zero-order chi connectivity index (χ0) is 60.0. The molecule has 46 heteroatoms. The summed E-state index contributed by atoms with van der Waals surface area (Å²) in [5, 5.41) is 38.8. The summed E-state index contributed by atoms with van der Waals surface area (Å²) in [4.78, 5) is 118. The number of aromatic nitrogens is 12. The van der Waals surface area contributed by atoms with Gasteiger partial charge in [-0.1, -0.05) is 11.6 Å². The van der Waals surface area contributed by atoms with Crippen molar-refractivity contribution in [2.75, 3.05) is 56.8 Å². The number of hydrogen-bond acceptors (Lipinski definition) is 32. The van der Waals surface area contributed by atoms with E-state index in [0.29, 0.717) is 19.3 Å². The molecule has 3 fully saturated rings. The zero-order valence-electron chi connectivity index (χ0n) is 42.7. The summed E-state index contributed by atoms with van der Waals surface area (Å²) in [5.41, 5.74) is 13.0. The van der Waals surface area contributed by atoms with Gasteiger partial charge in [-0.3, -0.25) is 79.2 Å². The minimum atomic E-state index is -5.72. The van der Waals surface area contributed by atoms with Crippen LogP contribution in [0.25, 0.3) is 33.5 Å². The molecule has 0 radical (unpaired) electrons. The van der Waals surface area contributed by atoms with Crippen molar-refractivity contribution < 1.29 is 108 Å². The number of nitrogens with one attached hydrogen (secondary N) is 3. The maximum atomic E-state index is 14.1. The highest BCUT2D eigenvalue weighted by Gasteiger charge is 2.55. The third-order valence-corrected chi connectivity index (χ3v) is 16.9. The average molecular weight is 1270 g/mol. The van der Waals surface area contributed by atoms with E-state index in [2.05, 4.69) is 50.0 Å². The number of oxime groups is 1. The largest absolute Gasteiger partial charge is 0.473 e. The molecule has 42 nitrogen and oxygen atoms in total. The smallest absolute Gasteiger partial charge is 0.396 e. The zero-order valence-corrected chi connectivity index (χ0v) is 46.3. The number of aromatic amines is 3. The summed E-state index contributed by atoms with van der Waals surface area (Å²) < 4.78 is 117. The van der Waals surface area contributed by atoms with Crippen LogP contribution in [0.15, 0.2) is 38.5 Å². The van der Waals surface area contributed by atoms with Crippen LogP contribution in [0.2, 0.25) is 0 Å². The van der Waals surface area contributed by atoms with Crippen molar-refractivity contribution in [2.45, 2.75) is 99.3 Å². The number of rotatable bonds is 3. The Labute approximate surface area is 466 Å². The number of aliphatic hydroxyl groups excluding tert-OH is 3. The Morgan fingerprint density at radius 2 is 0.833 bits per heavy atom. The molecule has 0 spiro atoms. The summed E-state index contributed by atoms with van der Waals surface area (Å²) in [7, 11) is -21.6. The molecule has 84 heavy (non-hydrogen) atoms. The Kier molecular flexibility index (Phi) is 17.8. The molecule has 0 amide bonds. The number of aliphatic hydroxyl groups is 3. The number of phosphoric acid groups is 4. The molecule has 6 aromatic rings. The predicted octanol–water partition coefficient (Wildman–Crippen LogP) is -2.88. The number of nitrogens with zero attached hydrogens (tertiary/aromatic N) is 10. The molecule has 10 rings (SSSR count). The van der Waals surface area contributed by atoms with E-state index < -0.39 is 166 Å². The van der Waals surface area contributed by atoms with Crippen molar-refractivity contribution >= 4 is 88.8 Å². The molecule has 0 saturated carbocycles. The van der Waals surface area contributed by atoms with Gasteiger partial charge in [-0.05, 0) is 19.3 Å². The lowest BCUT2D eigenvalue weighted by molar-refractivity contribution is -0.0617. The highest BCUT2D eigenvalue weighted by atomic mass is 31.2. The van der Waals surface area contributed by atoms with Crippen LogP contribution in [0.4, 0.5) is 17.8 Å². The van der Waals surface area contributed by atoms with Crippen LogP contribution in [0.3, 0.4) is 0 Å². The van der Waals surface area contributed by atoms with Crippen LogP contribution in [0.5, 0.6) is 0 Å². The SMILES string of the molecule is Nc1nc2c(ncn2[C@@H]2O[C@@H]3COP(=O)(O)OCCCCCCO/N=C\COP(=O)(O)O[C@H]4[C@@H](O)[C@H](n5cnc6c(=O)[nH]c(N)nc65)O[C@@H]4COP(=O)(O)O[C@H]4[C@@H](O)[C@H](n5cnc6c(=O)[nH]c(N)nc65)O[C@@H]4COP(=O)(O)O[C@H]3[C@H]2O)c(=O)[nH]1. The number of ether oxygens (including phenoxy) is 3. The molecular formula is C38H52N16O26P4. The van der Waals surface area contributed by atoms with Crippen LogP contribution >= 0.6 is 31.3 Å². The lowest BCUT2D eigenvalue weighted by Gasteiger charge is -2.26.